The summed E-state index contributed by atoms with van der Waals surface area (Å²) in [5, 5.41) is 7.12. The second-order valence-electron chi connectivity index (χ2n) is 7.56. The highest BCUT2D eigenvalue weighted by Crippen LogP contribution is 2.28. The molecule has 2 amide bonds. The van der Waals surface area contributed by atoms with Crippen molar-refractivity contribution >= 4 is 22.9 Å². The van der Waals surface area contributed by atoms with Gasteiger partial charge in [0.2, 0.25) is 5.91 Å². The maximum absolute atomic E-state index is 14.3. The summed E-state index contributed by atoms with van der Waals surface area (Å²) >= 11 is 0. The average molecular weight is 410 g/mol. The van der Waals surface area contributed by atoms with Crippen molar-refractivity contribution in [1.82, 2.24) is 20.4 Å². The van der Waals surface area contributed by atoms with Crippen molar-refractivity contribution in [3.05, 3.63) is 47.4 Å². The number of halogens is 1. The number of piperidine rings is 1. The Hall–Kier alpha value is -3.29. The molecule has 0 bridgehead atoms. The number of aromatic nitrogens is 2. The van der Waals surface area contributed by atoms with E-state index in [-0.39, 0.29) is 28.4 Å². The van der Waals surface area contributed by atoms with Crippen LogP contribution in [-0.2, 0) is 4.79 Å². The van der Waals surface area contributed by atoms with Crippen molar-refractivity contribution < 1.29 is 18.5 Å². The first-order chi connectivity index (χ1) is 14.5. The van der Waals surface area contributed by atoms with Gasteiger partial charge in [0, 0.05) is 18.7 Å². The number of amides is 2. The normalized spacial score (nSPS) is 15.2. The Morgan fingerprint density at radius 1 is 1.20 bits per heavy atom. The van der Waals surface area contributed by atoms with Gasteiger partial charge in [-0.3, -0.25) is 9.59 Å². The van der Waals surface area contributed by atoms with E-state index in [1.807, 2.05) is 0 Å². The van der Waals surface area contributed by atoms with Crippen LogP contribution in [0.5, 0.6) is 0 Å². The van der Waals surface area contributed by atoms with Crippen LogP contribution in [0.2, 0.25) is 0 Å². The molecule has 0 unspecified atom stereocenters. The fourth-order valence-electron chi connectivity index (χ4n) is 3.80. The van der Waals surface area contributed by atoms with Crippen LogP contribution in [0.4, 0.5) is 4.39 Å². The Labute approximate surface area is 173 Å². The highest BCUT2D eigenvalue weighted by atomic mass is 19.1. The molecule has 30 heavy (non-hydrogen) atoms. The van der Waals surface area contributed by atoms with Gasteiger partial charge < -0.3 is 14.7 Å². The summed E-state index contributed by atoms with van der Waals surface area (Å²) in [5.41, 5.74) is 1.40. The van der Waals surface area contributed by atoms with Gasteiger partial charge in [0.15, 0.2) is 0 Å². The van der Waals surface area contributed by atoms with Crippen molar-refractivity contribution in [2.24, 2.45) is 0 Å². The van der Waals surface area contributed by atoms with E-state index in [0.29, 0.717) is 24.2 Å². The third-order valence-corrected chi connectivity index (χ3v) is 5.40. The van der Waals surface area contributed by atoms with Crippen molar-refractivity contribution in [2.45, 2.75) is 39.2 Å². The molecule has 3 aromatic rings. The quantitative estimate of drug-likeness (QED) is 0.712. The van der Waals surface area contributed by atoms with Crippen LogP contribution in [0.25, 0.3) is 22.4 Å². The number of fused-ring (bicyclic) bond motifs is 1. The van der Waals surface area contributed by atoms with Crippen molar-refractivity contribution in [1.29, 1.82) is 0 Å². The molecule has 8 heteroatoms. The molecule has 7 nitrogen and oxygen atoms in total. The van der Waals surface area contributed by atoms with E-state index in [4.69, 9.17) is 4.52 Å². The first-order valence-electron chi connectivity index (χ1n) is 10.1. The summed E-state index contributed by atoms with van der Waals surface area (Å²) in [6.07, 6.45) is 3.07. The fourth-order valence-corrected chi connectivity index (χ4v) is 3.80. The lowest BCUT2D eigenvalue weighted by molar-refractivity contribution is -0.133. The molecule has 0 radical (unpaired) electrons. The number of nitrogens with zero attached hydrogens (tertiary/aromatic N) is 3. The number of benzene rings is 1. The SMILES string of the molecule is Cc1noc2nc(-c3ccccc3F)cc(C(=O)N[C@H](C)C(=O)N3CCCCC3)c12. The molecule has 1 atom stereocenters. The Morgan fingerprint density at radius 3 is 2.67 bits per heavy atom. The smallest absolute Gasteiger partial charge is 0.259 e. The molecule has 0 saturated carbocycles. The first kappa shape index (κ1) is 20.0. The van der Waals surface area contributed by atoms with E-state index in [2.05, 4.69) is 15.5 Å². The number of pyridine rings is 1. The molecule has 2 aromatic heterocycles. The lowest BCUT2D eigenvalue weighted by Gasteiger charge is -2.29. The Kier molecular flexibility index (Phi) is 5.48. The van der Waals surface area contributed by atoms with Crippen molar-refractivity contribution in [3.8, 4) is 11.3 Å². The molecule has 1 aliphatic rings. The molecule has 4 rings (SSSR count). The van der Waals surface area contributed by atoms with E-state index in [1.54, 1.807) is 36.9 Å². The molecular weight excluding hydrogens is 387 g/mol. The molecule has 156 valence electrons. The highest BCUT2D eigenvalue weighted by Gasteiger charge is 2.26. The van der Waals surface area contributed by atoms with Gasteiger partial charge in [-0.1, -0.05) is 17.3 Å². The third kappa shape index (κ3) is 3.77. The van der Waals surface area contributed by atoms with Gasteiger partial charge in [0.1, 0.15) is 11.9 Å². The lowest BCUT2D eigenvalue weighted by Crippen LogP contribution is -2.48. The number of carbonyl (C=O) groups excluding carboxylic acids is 2. The standard InChI is InChI=1S/C22H23FN4O3/c1-13-19-16(20(28)24-14(2)22(29)27-10-6-3-7-11-27)12-18(25-21(19)30-26-13)15-8-4-5-9-17(15)23/h4-5,8-9,12,14H,3,6-7,10-11H2,1-2H3,(H,24,28)/t14-/m1/s1. The summed E-state index contributed by atoms with van der Waals surface area (Å²) in [7, 11) is 0. The van der Waals surface area contributed by atoms with Gasteiger partial charge in [-0.2, -0.15) is 0 Å². The van der Waals surface area contributed by atoms with E-state index >= 15 is 0 Å². The molecule has 1 N–H and O–H groups in total. The van der Waals surface area contributed by atoms with Gasteiger partial charge in [-0.25, -0.2) is 9.37 Å². The van der Waals surface area contributed by atoms with Gasteiger partial charge in [0.25, 0.3) is 11.6 Å². The Bertz CT molecular complexity index is 1100. The van der Waals surface area contributed by atoms with E-state index in [9.17, 15) is 14.0 Å². The van der Waals surface area contributed by atoms with Crippen LogP contribution in [0.15, 0.2) is 34.9 Å². The molecule has 1 saturated heterocycles. The number of rotatable bonds is 4. The van der Waals surface area contributed by atoms with Gasteiger partial charge in [-0.15, -0.1) is 0 Å². The van der Waals surface area contributed by atoms with Gasteiger partial charge in [0.05, 0.1) is 22.3 Å². The topological polar surface area (TPSA) is 88.3 Å². The second kappa shape index (κ2) is 8.22. The van der Waals surface area contributed by atoms with Crippen LogP contribution in [0.1, 0.15) is 42.2 Å². The summed E-state index contributed by atoms with van der Waals surface area (Å²) < 4.78 is 19.5. The zero-order chi connectivity index (χ0) is 21.3. The minimum Gasteiger partial charge on any atom is -0.341 e. The van der Waals surface area contributed by atoms with E-state index in [0.717, 1.165) is 19.3 Å². The summed E-state index contributed by atoms with van der Waals surface area (Å²) in [6, 6.07) is 7.00. The fraction of sp³-hybridized carbons (Fsp3) is 0.364. The summed E-state index contributed by atoms with van der Waals surface area (Å²) in [5.74, 6) is -1.02. The van der Waals surface area contributed by atoms with Crippen molar-refractivity contribution in [2.75, 3.05) is 13.1 Å². The molecule has 1 aliphatic heterocycles. The Morgan fingerprint density at radius 2 is 1.93 bits per heavy atom. The predicted octanol–water partition coefficient (Wildman–Crippen LogP) is 3.47. The van der Waals surface area contributed by atoms with Crippen molar-refractivity contribution in [3.63, 3.8) is 0 Å². The van der Waals surface area contributed by atoms with Crippen LogP contribution in [0, 0.1) is 12.7 Å². The molecule has 0 spiro atoms. The predicted molar refractivity (Wildman–Crippen MR) is 109 cm³/mol. The zero-order valence-electron chi connectivity index (χ0n) is 16.9. The number of carbonyl (C=O) groups is 2. The minimum atomic E-state index is -0.684. The molecule has 1 fully saturated rings. The number of likely N-dealkylation sites (tertiary alicyclic amines) is 1. The van der Waals surface area contributed by atoms with E-state index < -0.39 is 17.8 Å². The van der Waals surface area contributed by atoms with Crippen LogP contribution in [-0.4, -0.2) is 46.0 Å². The molecular formula is C22H23FN4O3. The number of hydrogen-bond acceptors (Lipinski definition) is 5. The molecule has 0 aliphatic carbocycles. The van der Waals surface area contributed by atoms with Gasteiger partial charge >= 0.3 is 0 Å². The first-order valence-corrected chi connectivity index (χ1v) is 10.1. The van der Waals surface area contributed by atoms with E-state index in [1.165, 1.54) is 12.1 Å². The Balaban J connectivity index is 1.67. The second-order valence-corrected chi connectivity index (χ2v) is 7.56. The van der Waals surface area contributed by atoms with Crippen LogP contribution in [0.3, 0.4) is 0 Å². The molecule has 3 heterocycles. The monoisotopic (exact) mass is 410 g/mol. The van der Waals surface area contributed by atoms with Crippen LogP contribution < -0.4 is 5.32 Å². The highest BCUT2D eigenvalue weighted by molar-refractivity contribution is 6.08. The maximum atomic E-state index is 14.3. The molecule has 1 aromatic carbocycles. The zero-order valence-corrected chi connectivity index (χ0v) is 16.9. The number of hydrogen-bond donors (Lipinski definition) is 1. The summed E-state index contributed by atoms with van der Waals surface area (Å²) in [6.45, 7) is 4.79. The lowest BCUT2D eigenvalue weighted by atomic mass is 10.0. The average Bonchev–Trinajstić information content (AvgIpc) is 3.14. The third-order valence-electron chi connectivity index (χ3n) is 5.40. The summed E-state index contributed by atoms with van der Waals surface area (Å²) in [4.78, 5) is 31.9. The maximum Gasteiger partial charge on any atom is 0.259 e. The number of aryl methyl sites for hydroxylation is 1. The van der Waals surface area contributed by atoms with Crippen LogP contribution >= 0.6 is 0 Å². The van der Waals surface area contributed by atoms with Gasteiger partial charge in [-0.05, 0) is 51.3 Å². The minimum absolute atomic E-state index is 0.107. The largest absolute Gasteiger partial charge is 0.341 e. The number of nitrogens with one attached hydrogen (secondary N) is 1.